The van der Waals surface area contributed by atoms with Crippen LogP contribution in [0.4, 0.5) is 11.4 Å². The van der Waals surface area contributed by atoms with Gasteiger partial charge >= 0.3 is 0 Å². The average molecular weight is 428 g/mol. The molecule has 1 fully saturated rings. The van der Waals surface area contributed by atoms with Crippen molar-refractivity contribution in [1.29, 1.82) is 0 Å². The number of rotatable bonds is 7. The van der Waals surface area contributed by atoms with Crippen LogP contribution in [-0.2, 0) is 9.59 Å². The summed E-state index contributed by atoms with van der Waals surface area (Å²) in [6.45, 7) is 4.58. The molecule has 2 aromatic rings. The fraction of sp³-hybridized carbons (Fsp3) is 0.348. The molecule has 3 amide bonds. The van der Waals surface area contributed by atoms with Crippen LogP contribution >= 0.6 is 11.6 Å². The first-order chi connectivity index (χ1) is 14.4. The Bertz CT molecular complexity index is 930. The van der Waals surface area contributed by atoms with Crippen molar-refractivity contribution in [3.8, 4) is 0 Å². The Kier molecular flexibility index (Phi) is 7.11. The molecule has 0 spiro atoms. The predicted octanol–water partition coefficient (Wildman–Crippen LogP) is 4.25. The van der Waals surface area contributed by atoms with Gasteiger partial charge in [-0.2, -0.15) is 0 Å². The lowest BCUT2D eigenvalue weighted by Crippen LogP contribution is -2.47. The molecule has 1 aliphatic heterocycles. The SMILES string of the molecule is CCC(C)C(NC(=O)c1ccc(Cl)cc1)C(=O)Nc1cccc(N2CCCC2=O)c1. The first-order valence-corrected chi connectivity index (χ1v) is 10.5. The van der Waals surface area contributed by atoms with E-state index in [1.807, 2.05) is 19.9 Å². The Morgan fingerprint density at radius 1 is 1.17 bits per heavy atom. The Balaban J connectivity index is 1.73. The maximum atomic E-state index is 13.0. The van der Waals surface area contributed by atoms with Crippen molar-refractivity contribution in [3.63, 3.8) is 0 Å². The van der Waals surface area contributed by atoms with Crippen molar-refractivity contribution in [3.05, 3.63) is 59.1 Å². The third kappa shape index (κ3) is 5.19. The monoisotopic (exact) mass is 427 g/mol. The van der Waals surface area contributed by atoms with Crippen LogP contribution in [0.3, 0.4) is 0 Å². The summed E-state index contributed by atoms with van der Waals surface area (Å²) in [4.78, 5) is 39.4. The maximum absolute atomic E-state index is 13.0. The van der Waals surface area contributed by atoms with Crippen LogP contribution in [0.1, 0.15) is 43.5 Å². The number of anilines is 2. The third-order valence-electron chi connectivity index (χ3n) is 5.39. The third-order valence-corrected chi connectivity index (χ3v) is 5.64. The summed E-state index contributed by atoms with van der Waals surface area (Å²) in [6, 6.07) is 13.1. The highest BCUT2D eigenvalue weighted by Gasteiger charge is 2.27. The molecule has 1 aliphatic rings. The zero-order chi connectivity index (χ0) is 21.7. The van der Waals surface area contributed by atoms with Crippen LogP contribution in [0, 0.1) is 5.92 Å². The molecule has 0 bridgehead atoms. The molecule has 2 N–H and O–H groups in total. The van der Waals surface area contributed by atoms with Crippen molar-refractivity contribution in [2.45, 2.75) is 39.2 Å². The van der Waals surface area contributed by atoms with Gasteiger partial charge in [0, 0.05) is 34.9 Å². The van der Waals surface area contributed by atoms with E-state index in [9.17, 15) is 14.4 Å². The second-order valence-corrected chi connectivity index (χ2v) is 7.97. The summed E-state index contributed by atoms with van der Waals surface area (Å²) in [7, 11) is 0. The fourth-order valence-electron chi connectivity index (χ4n) is 3.42. The Hall–Kier alpha value is -2.86. The number of halogens is 1. The summed E-state index contributed by atoms with van der Waals surface area (Å²) in [6.07, 6.45) is 2.10. The highest BCUT2D eigenvalue weighted by Crippen LogP contribution is 2.24. The van der Waals surface area contributed by atoms with Gasteiger partial charge in [0.2, 0.25) is 11.8 Å². The standard InChI is InChI=1S/C23H26ClN3O3/c1-3-15(2)21(26-22(29)16-9-11-17(24)12-10-16)23(30)25-18-6-4-7-19(14-18)27-13-5-8-20(27)28/h4,6-7,9-12,14-15,21H,3,5,8,13H2,1-2H3,(H,25,30)(H,26,29). The van der Waals surface area contributed by atoms with Gasteiger partial charge in [0.05, 0.1) is 0 Å². The molecule has 2 aromatic carbocycles. The van der Waals surface area contributed by atoms with Crippen molar-refractivity contribution >= 4 is 40.7 Å². The largest absolute Gasteiger partial charge is 0.340 e. The summed E-state index contributed by atoms with van der Waals surface area (Å²) in [5, 5.41) is 6.27. The number of hydrogen-bond donors (Lipinski definition) is 2. The highest BCUT2D eigenvalue weighted by atomic mass is 35.5. The summed E-state index contributed by atoms with van der Waals surface area (Å²) in [5.74, 6) is -0.601. The second-order valence-electron chi connectivity index (χ2n) is 7.53. The number of hydrogen-bond acceptors (Lipinski definition) is 3. The summed E-state index contributed by atoms with van der Waals surface area (Å²) < 4.78 is 0. The number of benzene rings is 2. The summed E-state index contributed by atoms with van der Waals surface area (Å²) in [5.41, 5.74) is 1.79. The number of nitrogens with one attached hydrogen (secondary N) is 2. The Morgan fingerprint density at radius 2 is 1.90 bits per heavy atom. The van der Waals surface area contributed by atoms with Gasteiger partial charge in [0.1, 0.15) is 6.04 Å². The zero-order valence-electron chi connectivity index (χ0n) is 17.2. The molecule has 2 unspecified atom stereocenters. The summed E-state index contributed by atoms with van der Waals surface area (Å²) >= 11 is 5.88. The average Bonchev–Trinajstić information content (AvgIpc) is 3.17. The zero-order valence-corrected chi connectivity index (χ0v) is 17.9. The van der Waals surface area contributed by atoms with Gasteiger partial charge < -0.3 is 15.5 Å². The molecule has 1 saturated heterocycles. The maximum Gasteiger partial charge on any atom is 0.251 e. The Labute approximate surface area is 181 Å². The molecule has 0 aromatic heterocycles. The van der Waals surface area contributed by atoms with E-state index in [1.165, 1.54) is 0 Å². The van der Waals surface area contributed by atoms with Gasteiger partial charge in [0.25, 0.3) is 5.91 Å². The van der Waals surface area contributed by atoms with Crippen molar-refractivity contribution in [1.82, 2.24) is 5.32 Å². The molecule has 6 nitrogen and oxygen atoms in total. The minimum absolute atomic E-state index is 0.0652. The normalized spacial score (nSPS) is 15.6. The van der Waals surface area contributed by atoms with Gasteiger partial charge in [-0.25, -0.2) is 0 Å². The smallest absolute Gasteiger partial charge is 0.251 e. The second kappa shape index (κ2) is 9.76. The van der Waals surface area contributed by atoms with E-state index < -0.39 is 6.04 Å². The number of nitrogens with zero attached hydrogens (tertiary/aromatic N) is 1. The van der Waals surface area contributed by atoms with Gasteiger partial charge in [-0.3, -0.25) is 14.4 Å². The van der Waals surface area contributed by atoms with E-state index in [1.54, 1.807) is 47.4 Å². The molecule has 3 rings (SSSR count). The number of carbonyl (C=O) groups is 3. The molecule has 158 valence electrons. The van der Waals surface area contributed by atoms with Crippen molar-refractivity contribution in [2.24, 2.45) is 5.92 Å². The quantitative estimate of drug-likeness (QED) is 0.693. The van der Waals surface area contributed by atoms with E-state index in [0.29, 0.717) is 29.2 Å². The highest BCUT2D eigenvalue weighted by molar-refractivity contribution is 6.30. The van der Waals surface area contributed by atoms with Gasteiger partial charge in [0.15, 0.2) is 0 Å². The van der Waals surface area contributed by atoms with Crippen LogP contribution in [0.5, 0.6) is 0 Å². The molecule has 1 heterocycles. The van der Waals surface area contributed by atoms with E-state index >= 15 is 0 Å². The predicted molar refractivity (Wildman–Crippen MR) is 119 cm³/mol. The first kappa shape index (κ1) is 21.8. The van der Waals surface area contributed by atoms with Gasteiger partial charge in [-0.1, -0.05) is 37.9 Å². The minimum Gasteiger partial charge on any atom is -0.340 e. The van der Waals surface area contributed by atoms with E-state index in [2.05, 4.69) is 10.6 Å². The van der Waals surface area contributed by atoms with Crippen molar-refractivity contribution < 1.29 is 14.4 Å². The number of carbonyl (C=O) groups excluding carboxylic acids is 3. The molecule has 7 heteroatoms. The lowest BCUT2D eigenvalue weighted by molar-refractivity contribution is -0.119. The first-order valence-electron chi connectivity index (χ1n) is 10.2. The number of amides is 3. The topological polar surface area (TPSA) is 78.5 Å². The molecule has 2 atom stereocenters. The fourth-order valence-corrected chi connectivity index (χ4v) is 3.55. The van der Waals surface area contributed by atoms with Crippen LogP contribution in [0.2, 0.25) is 5.02 Å². The molecular weight excluding hydrogens is 402 g/mol. The van der Waals surface area contributed by atoms with Crippen LogP contribution in [0.15, 0.2) is 48.5 Å². The molecule has 0 radical (unpaired) electrons. The van der Waals surface area contributed by atoms with Crippen LogP contribution in [0.25, 0.3) is 0 Å². The molecule has 0 saturated carbocycles. The molecule has 0 aliphatic carbocycles. The lowest BCUT2D eigenvalue weighted by Gasteiger charge is -2.24. The van der Waals surface area contributed by atoms with Crippen LogP contribution < -0.4 is 15.5 Å². The lowest BCUT2D eigenvalue weighted by atomic mass is 9.97. The van der Waals surface area contributed by atoms with E-state index in [4.69, 9.17) is 11.6 Å². The van der Waals surface area contributed by atoms with E-state index in [-0.39, 0.29) is 23.6 Å². The van der Waals surface area contributed by atoms with E-state index in [0.717, 1.165) is 18.5 Å². The molecular formula is C23H26ClN3O3. The molecule has 30 heavy (non-hydrogen) atoms. The van der Waals surface area contributed by atoms with Gasteiger partial charge in [-0.05, 0) is 54.8 Å². The van der Waals surface area contributed by atoms with Crippen molar-refractivity contribution in [2.75, 3.05) is 16.8 Å². The van der Waals surface area contributed by atoms with Gasteiger partial charge in [-0.15, -0.1) is 0 Å². The minimum atomic E-state index is -0.699. The Morgan fingerprint density at radius 3 is 2.53 bits per heavy atom. The van der Waals surface area contributed by atoms with Crippen LogP contribution in [-0.4, -0.2) is 30.3 Å².